The van der Waals surface area contributed by atoms with Crippen LogP contribution in [0.15, 0.2) is 53.9 Å². The van der Waals surface area contributed by atoms with Crippen LogP contribution >= 0.6 is 11.3 Å². The van der Waals surface area contributed by atoms with Crippen molar-refractivity contribution < 1.29 is 13.9 Å². The number of benzene rings is 2. The summed E-state index contributed by atoms with van der Waals surface area (Å²) in [5.41, 5.74) is 1.95. The van der Waals surface area contributed by atoms with Crippen LogP contribution in [0.5, 0.6) is 11.5 Å². The highest BCUT2D eigenvalue weighted by Gasteiger charge is 2.23. The fraction of sp³-hybridized carbons (Fsp3) is 0.286. The van der Waals surface area contributed by atoms with Crippen LogP contribution in [0.3, 0.4) is 0 Å². The van der Waals surface area contributed by atoms with Gasteiger partial charge >= 0.3 is 0 Å². The molecule has 1 aliphatic heterocycles. The first-order valence-electron chi connectivity index (χ1n) is 9.02. The van der Waals surface area contributed by atoms with E-state index in [4.69, 9.17) is 14.5 Å². The SMILES string of the molecule is CCN(Cc1csc(-c2ccc(F)cc2)n1)CC1COc2ccccc2O1. The number of para-hydroxylation sites is 2. The Kier molecular flexibility index (Phi) is 5.36. The second-order valence-electron chi connectivity index (χ2n) is 6.48. The summed E-state index contributed by atoms with van der Waals surface area (Å²) in [6.07, 6.45) is -0.00458. The van der Waals surface area contributed by atoms with E-state index in [0.717, 1.165) is 47.4 Å². The van der Waals surface area contributed by atoms with Crippen molar-refractivity contribution in [1.82, 2.24) is 9.88 Å². The lowest BCUT2D eigenvalue weighted by Crippen LogP contribution is -2.40. The van der Waals surface area contributed by atoms with Crippen molar-refractivity contribution in [2.75, 3.05) is 19.7 Å². The first kappa shape index (κ1) is 17.9. The molecule has 0 fully saturated rings. The molecule has 0 saturated heterocycles. The fourth-order valence-corrected chi connectivity index (χ4v) is 3.90. The summed E-state index contributed by atoms with van der Waals surface area (Å²) in [5.74, 6) is 1.38. The summed E-state index contributed by atoms with van der Waals surface area (Å²) in [4.78, 5) is 7.01. The zero-order valence-corrected chi connectivity index (χ0v) is 15.9. The van der Waals surface area contributed by atoms with Gasteiger partial charge in [0.2, 0.25) is 0 Å². The van der Waals surface area contributed by atoms with E-state index in [1.165, 1.54) is 12.1 Å². The van der Waals surface area contributed by atoms with Crippen LogP contribution in [0, 0.1) is 5.82 Å². The monoisotopic (exact) mass is 384 g/mol. The minimum absolute atomic E-state index is 0.00458. The third kappa shape index (κ3) is 4.28. The van der Waals surface area contributed by atoms with Gasteiger partial charge in [0, 0.05) is 24.0 Å². The maximum absolute atomic E-state index is 13.1. The third-order valence-electron chi connectivity index (χ3n) is 4.51. The van der Waals surface area contributed by atoms with Gasteiger partial charge in [-0.15, -0.1) is 11.3 Å². The van der Waals surface area contributed by atoms with E-state index >= 15 is 0 Å². The van der Waals surface area contributed by atoms with Crippen molar-refractivity contribution in [2.24, 2.45) is 0 Å². The molecule has 1 aliphatic rings. The van der Waals surface area contributed by atoms with E-state index in [1.54, 1.807) is 23.5 Å². The number of likely N-dealkylation sites (N-methyl/N-ethyl adjacent to an activating group) is 1. The van der Waals surface area contributed by atoms with Crippen molar-refractivity contribution >= 4 is 11.3 Å². The number of aromatic nitrogens is 1. The van der Waals surface area contributed by atoms with Crippen LogP contribution in [0.2, 0.25) is 0 Å². The summed E-state index contributed by atoms with van der Waals surface area (Å²) in [6, 6.07) is 14.2. The molecule has 0 spiro atoms. The summed E-state index contributed by atoms with van der Waals surface area (Å²) in [5, 5.41) is 2.97. The molecule has 0 bridgehead atoms. The Morgan fingerprint density at radius 3 is 2.70 bits per heavy atom. The number of ether oxygens (including phenoxy) is 2. The van der Waals surface area contributed by atoms with Crippen LogP contribution in [0.1, 0.15) is 12.6 Å². The topological polar surface area (TPSA) is 34.6 Å². The van der Waals surface area contributed by atoms with Gasteiger partial charge in [0.25, 0.3) is 0 Å². The standard InChI is InChI=1S/C21H21FN2O2S/c1-2-24(12-18-13-25-19-5-3-4-6-20(19)26-18)11-17-14-27-21(23-17)15-7-9-16(22)10-8-15/h3-10,14,18H,2,11-13H2,1H3. The molecule has 4 rings (SSSR count). The molecule has 3 aromatic rings. The van der Waals surface area contributed by atoms with Crippen LogP contribution in [0.4, 0.5) is 4.39 Å². The number of halogens is 1. The molecule has 27 heavy (non-hydrogen) atoms. The van der Waals surface area contributed by atoms with Gasteiger partial charge in [0.1, 0.15) is 23.5 Å². The second kappa shape index (κ2) is 8.06. The molecular weight excluding hydrogens is 363 g/mol. The molecule has 0 radical (unpaired) electrons. The average molecular weight is 384 g/mol. The molecule has 6 heteroatoms. The molecule has 0 aliphatic carbocycles. The minimum atomic E-state index is -0.232. The Balaban J connectivity index is 1.39. The lowest BCUT2D eigenvalue weighted by Gasteiger charge is -2.30. The molecule has 140 valence electrons. The average Bonchev–Trinajstić information content (AvgIpc) is 3.16. The van der Waals surface area contributed by atoms with Crippen LogP contribution < -0.4 is 9.47 Å². The van der Waals surface area contributed by atoms with E-state index in [9.17, 15) is 4.39 Å². The van der Waals surface area contributed by atoms with E-state index in [2.05, 4.69) is 17.2 Å². The van der Waals surface area contributed by atoms with Crippen LogP contribution in [-0.4, -0.2) is 35.7 Å². The molecule has 1 atom stereocenters. The number of hydrogen-bond acceptors (Lipinski definition) is 5. The zero-order valence-electron chi connectivity index (χ0n) is 15.1. The van der Waals surface area contributed by atoms with Gasteiger partial charge in [0.15, 0.2) is 11.5 Å². The van der Waals surface area contributed by atoms with Crippen LogP contribution in [0.25, 0.3) is 10.6 Å². The molecule has 0 saturated carbocycles. The first-order valence-corrected chi connectivity index (χ1v) is 9.90. The summed E-state index contributed by atoms with van der Waals surface area (Å²) in [7, 11) is 0. The smallest absolute Gasteiger partial charge is 0.161 e. The number of thiazole rings is 1. The van der Waals surface area contributed by atoms with Crippen molar-refractivity contribution in [1.29, 1.82) is 0 Å². The highest BCUT2D eigenvalue weighted by atomic mass is 32.1. The Bertz CT molecular complexity index is 897. The van der Waals surface area contributed by atoms with Gasteiger partial charge in [-0.1, -0.05) is 19.1 Å². The second-order valence-corrected chi connectivity index (χ2v) is 7.33. The predicted octanol–water partition coefficient (Wildman–Crippen LogP) is 4.61. The highest BCUT2D eigenvalue weighted by molar-refractivity contribution is 7.13. The predicted molar refractivity (Wildman–Crippen MR) is 105 cm³/mol. The van der Waals surface area contributed by atoms with Gasteiger partial charge in [-0.25, -0.2) is 9.37 Å². The van der Waals surface area contributed by atoms with Crippen LogP contribution in [-0.2, 0) is 6.54 Å². The highest BCUT2D eigenvalue weighted by Crippen LogP contribution is 2.31. The number of rotatable bonds is 6. The minimum Gasteiger partial charge on any atom is -0.486 e. The molecule has 2 aromatic carbocycles. The normalized spacial score (nSPS) is 15.9. The fourth-order valence-electron chi connectivity index (χ4n) is 3.08. The number of hydrogen-bond donors (Lipinski definition) is 0. The molecule has 0 N–H and O–H groups in total. The van der Waals surface area contributed by atoms with E-state index < -0.39 is 0 Å². The molecule has 1 unspecified atom stereocenters. The summed E-state index contributed by atoms with van der Waals surface area (Å²) >= 11 is 1.58. The number of fused-ring (bicyclic) bond motifs is 1. The van der Waals surface area contributed by atoms with Crippen molar-refractivity contribution in [2.45, 2.75) is 19.6 Å². The Hall–Kier alpha value is -2.44. The lowest BCUT2D eigenvalue weighted by molar-refractivity contribution is 0.0577. The molecule has 1 aromatic heterocycles. The van der Waals surface area contributed by atoms with Gasteiger partial charge < -0.3 is 9.47 Å². The van der Waals surface area contributed by atoms with Crippen molar-refractivity contribution in [3.63, 3.8) is 0 Å². The Labute approximate surface area is 162 Å². The quantitative estimate of drug-likeness (QED) is 0.622. The van der Waals surface area contributed by atoms with Crippen molar-refractivity contribution in [3.8, 4) is 22.1 Å². The molecule has 0 amide bonds. The lowest BCUT2D eigenvalue weighted by atomic mass is 10.2. The Morgan fingerprint density at radius 2 is 1.93 bits per heavy atom. The molecule has 2 heterocycles. The number of nitrogens with zero attached hydrogens (tertiary/aromatic N) is 2. The third-order valence-corrected chi connectivity index (χ3v) is 5.45. The van der Waals surface area contributed by atoms with Crippen molar-refractivity contribution in [3.05, 3.63) is 65.4 Å². The van der Waals surface area contributed by atoms with E-state index in [0.29, 0.717) is 6.61 Å². The van der Waals surface area contributed by atoms with Gasteiger partial charge in [-0.05, 0) is 42.9 Å². The molecular formula is C21H21FN2O2S. The summed E-state index contributed by atoms with van der Waals surface area (Å²) < 4.78 is 25.0. The first-order chi connectivity index (χ1) is 13.2. The summed E-state index contributed by atoms with van der Waals surface area (Å²) in [6.45, 7) is 5.09. The van der Waals surface area contributed by atoms with Gasteiger partial charge in [0.05, 0.1) is 5.69 Å². The Morgan fingerprint density at radius 1 is 1.15 bits per heavy atom. The van der Waals surface area contributed by atoms with E-state index in [1.807, 2.05) is 24.3 Å². The van der Waals surface area contributed by atoms with E-state index in [-0.39, 0.29) is 11.9 Å². The largest absolute Gasteiger partial charge is 0.486 e. The maximum Gasteiger partial charge on any atom is 0.161 e. The molecule has 4 nitrogen and oxygen atoms in total. The van der Waals surface area contributed by atoms with Gasteiger partial charge in [-0.3, -0.25) is 4.90 Å². The maximum atomic E-state index is 13.1. The van der Waals surface area contributed by atoms with Gasteiger partial charge in [-0.2, -0.15) is 0 Å². The zero-order chi connectivity index (χ0) is 18.6.